The van der Waals surface area contributed by atoms with Gasteiger partial charge in [-0.1, -0.05) is 6.07 Å². The quantitative estimate of drug-likeness (QED) is 0.782. The summed E-state index contributed by atoms with van der Waals surface area (Å²) >= 11 is 3.14. The Hall–Kier alpha value is -2.41. The number of hydrogen-bond acceptors (Lipinski definition) is 2. The van der Waals surface area contributed by atoms with Gasteiger partial charge in [-0.2, -0.15) is 0 Å². The van der Waals surface area contributed by atoms with Crippen molar-refractivity contribution in [3.63, 3.8) is 0 Å². The van der Waals surface area contributed by atoms with E-state index in [0.29, 0.717) is 10.2 Å². The van der Waals surface area contributed by atoms with Crippen LogP contribution in [-0.4, -0.2) is 17.1 Å². The van der Waals surface area contributed by atoms with Crippen molar-refractivity contribution in [2.45, 2.75) is 0 Å². The lowest BCUT2D eigenvalue weighted by Gasteiger charge is -2.10. The van der Waals surface area contributed by atoms with Crippen LogP contribution in [0.5, 0.6) is 0 Å². The average molecular weight is 353 g/mol. The molecule has 0 radical (unpaired) electrons. The van der Waals surface area contributed by atoms with E-state index in [2.05, 4.69) is 26.6 Å². The average Bonchev–Trinajstić information content (AvgIpc) is 2.43. The number of nitrogens with one attached hydrogen (secondary N) is 2. The van der Waals surface area contributed by atoms with Crippen LogP contribution in [0.25, 0.3) is 0 Å². The number of anilines is 2. The standard InChI is InChI=1S/C14H10BrFN2O3/c15-10-2-1-3-11(16)12(10)18-14(21)17-9-6-4-8(5-7-9)13(19)20/h1-7H,(H,19,20)(H2,17,18,21). The van der Waals surface area contributed by atoms with Gasteiger partial charge >= 0.3 is 12.0 Å². The molecular weight excluding hydrogens is 343 g/mol. The van der Waals surface area contributed by atoms with Crippen molar-refractivity contribution in [3.05, 3.63) is 58.3 Å². The first-order valence-corrected chi connectivity index (χ1v) is 6.62. The fourth-order valence-corrected chi connectivity index (χ4v) is 2.03. The highest BCUT2D eigenvalue weighted by Gasteiger charge is 2.10. The molecule has 0 aliphatic heterocycles. The Morgan fingerprint density at radius 2 is 1.71 bits per heavy atom. The molecule has 0 spiro atoms. The molecule has 0 atom stereocenters. The van der Waals surface area contributed by atoms with Crippen LogP contribution < -0.4 is 10.6 Å². The topological polar surface area (TPSA) is 78.4 Å². The Kier molecular flexibility index (Phi) is 4.54. The molecule has 0 heterocycles. The van der Waals surface area contributed by atoms with E-state index in [9.17, 15) is 14.0 Å². The summed E-state index contributed by atoms with van der Waals surface area (Å²) < 4.78 is 14.0. The van der Waals surface area contributed by atoms with Crippen LogP contribution >= 0.6 is 15.9 Å². The number of halogens is 2. The zero-order valence-electron chi connectivity index (χ0n) is 10.6. The molecule has 0 bridgehead atoms. The second-order valence-electron chi connectivity index (χ2n) is 4.06. The third-order valence-electron chi connectivity index (χ3n) is 2.59. The van der Waals surface area contributed by atoms with E-state index in [1.165, 1.54) is 36.4 Å². The third kappa shape index (κ3) is 3.79. The maximum atomic E-state index is 13.6. The maximum absolute atomic E-state index is 13.6. The smallest absolute Gasteiger partial charge is 0.335 e. The molecule has 2 amide bonds. The number of rotatable bonds is 3. The van der Waals surface area contributed by atoms with Crippen molar-refractivity contribution in [1.29, 1.82) is 0 Å². The molecule has 0 unspecified atom stereocenters. The lowest BCUT2D eigenvalue weighted by Crippen LogP contribution is -2.20. The Bertz CT molecular complexity index is 669. The summed E-state index contributed by atoms with van der Waals surface area (Å²) in [4.78, 5) is 22.5. The highest BCUT2D eigenvalue weighted by Crippen LogP contribution is 2.25. The van der Waals surface area contributed by atoms with Gasteiger partial charge in [0.25, 0.3) is 0 Å². The van der Waals surface area contributed by atoms with Crippen LogP contribution in [0.15, 0.2) is 46.9 Å². The van der Waals surface area contributed by atoms with Gasteiger partial charge in [-0.15, -0.1) is 0 Å². The summed E-state index contributed by atoms with van der Waals surface area (Å²) in [6, 6.07) is 9.30. The van der Waals surface area contributed by atoms with Gasteiger partial charge in [0.05, 0.1) is 11.3 Å². The predicted molar refractivity (Wildman–Crippen MR) is 80.1 cm³/mol. The minimum atomic E-state index is -1.05. The van der Waals surface area contributed by atoms with Gasteiger partial charge in [0, 0.05) is 10.2 Å². The lowest BCUT2D eigenvalue weighted by molar-refractivity contribution is 0.0697. The number of carbonyl (C=O) groups is 2. The molecule has 7 heteroatoms. The van der Waals surface area contributed by atoms with Crippen LogP contribution in [0.2, 0.25) is 0 Å². The third-order valence-corrected chi connectivity index (χ3v) is 3.25. The van der Waals surface area contributed by atoms with Gasteiger partial charge < -0.3 is 15.7 Å². The SMILES string of the molecule is O=C(Nc1ccc(C(=O)O)cc1)Nc1c(F)cccc1Br. The number of amides is 2. The molecule has 0 fully saturated rings. The molecule has 0 aliphatic carbocycles. The molecular formula is C14H10BrFN2O3. The van der Waals surface area contributed by atoms with Crippen molar-refractivity contribution in [3.8, 4) is 0 Å². The summed E-state index contributed by atoms with van der Waals surface area (Å²) in [6.45, 7) is 0. The van der Waals surface area contributed by atoms with Gasteiger partial charge in [-0.05, 0) is 52.3 Å². The van der Waals surface area contributed by atoms with E-state index in [-0.39, 0.29) is 11.3 Å². The molecule has 0 saturated carbocycles. The van der Waals surface area contributed by atoms with Crippen LogP contribution in [0.4, 0.5) is 20.6 Å². The number of hydrogen-bond donors (Lipinski definition) is 3. The summed E-state index contributed by atoms with van der Waals surface area (Å²) in [5, 5.41) is 13.6. The van der Waals surface area contributed by atoms with Crippen LogP contribution in [0.1, 0.15) is 10.4 Å². The van der Waals surface area contributed by atoms with Gasteiger partial charge in [-0.3, -0.25) is 0 Å². The summed E-state index contributed by atoms with van der Waals surface area (Å²) in [5.74, 6) is -1.62. The summed E-state index contributed by atoms with van der Waals surface area (Å²) in [6.07, 6.45) is 0. The van der Waals surface area contributed by atoms with E-state index < -0.39 is 17.8 Å². The molecule has 3 N–H and O–H groups in total. The van der Waals surface area contributed by atoms with Crippen molar-refractivity contribution >= 4 is 39.3 Å². The first kappa shape index (κ1) is 15.0. The number of carbonyl (C=O) groups excluding carboxylic acids is 1. The van der Waals surface area contributed by atoms with Crippen LogP contribution in [0, 0.1) is 5.82 Å². The monoisotopic (exact) mass is 352 g/mol. The first-order valence-electron chi connectivity index (χ1n) is 5.83. The fourth-order valence-electron chi connectivity index (χ4n) is 1.59. The van der Waals surface area contributed by atoms with Gasteiger partial charge in [0.2, 0.25) is 0 Å². The minimum Gasteiger partial charge on any atom is -0.478 e. The van der Waals surface area contributed by atoms with E-state index in [1.807, 2.05) is 0 Å². The number of urea groups is 1. The van der Waals surface area contributed by atoms with Crippen molar-refractivity contribution in [1.82, 2.24) is 0 Å². The minimum absolute atomic E-state index is 0.0251. The summed E-state index contributed by atoms with van der Waals surface area (Å²) in [5.41, 5.74) is 0.528. The van der Waals surface area contributed by atoms with Gasteiger partial charge in [0.15, 0.2) is 0 Å². The second kappa shape index (κ2) is 6.36. The van der Waals surface area contributed by atoms with Crippen molar-refractivity contribution < 1.29 is 19.1 Å². The predicted octanol–water partition coefficient (Wildman–Crippen LogP) is 3.93. The second-order valence-corrected chi connectivity index (χ2v) is 4.91. The number of para-hydroxylation sites is 1. The Labute approximate surface area is 127 Å². The molecule has 2 aromatic rings. The molecule has 21 heavy (non-hydrogen) atoms. The van der Waals surface area contributed by atoms with E-state index >= 15 is 0 Å². The molecule has 108 valence electrons. The van der Waals surface area contributed by atoms with E-state index in [1.54, 1.807) is 6.07 Å². The number of benzene rings is 2. The first-order chi connectivity index (χ1) is 9.97. The van der Waals surface area contributed by atoms with E-state index in [0.717, 1.165) is 0 Å². The van der Waals surface area contributed by atoms with Gasteiger partial charge in [-0.25, -0.2) is 14.0 Å². The maximum Gasteiger partial charge on any atom is 0.335 e. The molecule has 0 saturated heterocycles. The number of carboxylic acid groups (broad SMARTS) is 1. The molecule has 5 nitrogen and oxygen atoms in total. The highest BCUT2D eigenvalue weighted by molar-refractivity contribution is 9.10. The molecule has 0 aliphatic rings. The Balaban J connectivity index is 2.06. The molecule has 2 aromatic carbocycles. The summed E-state index contributed by atoms with van der Waals surface area (Å²) in [7, 11) is 0. The largest absolute Gasteiger partial charge is 0.478 e. The van der Waals surface area contributed by atoms with Crippen molar-refractivity contribution in [2.75, 3.05) is 10.6 Å². The van der Waals surface area contributed by atoms with E-state index in [4.69, 9.17) is 5.11 Å². The normalized spacial score (nSPS) is 10.0. The Morgan fingerprint density at radius 3 is 2.29 bits per heavy atom. The van der Waals surface area contributed by atoms with Crippen molar-refractivity contribution in [2.24, 2.45) is 0 Å². The number of carboxylic acids is 1. The highest BCUT2D eigenvalue weighted by atomic mass is 79.9. The van der Waals surface area contributed by atoms with Crippen LogP contribution in [-0.2, 0) is 0 Å². The zero-order chi connectivity index (χ0) is 15.4. The van der Waals surface area contributed by atoms with Crippen LogP contribution in [0.3, 0.4) is 0 Å². The zero-order valence-corrected chi connectivity index (χ0v) is 12.1. The number of aromatic carboxylic acids is 1. The molecule has 0 aromatic heterocycles. The molecule has 2 rings (SSSR count). The van der Waals surface area contributed by atoms with Gasteiger partial charge in [0.1, 0.15) is 5.82 Å². The fraction of sp³-hybridized carbons (Fsp3) is 0. The Morgan fingerprint density at radius 1 is 1.05 bits per heavy atom. The lowest BCUT2D eigenvalue weighted by atomic mass is 10.2.